The summed E-state index contributed by atoms with van der Waals surface area (Å²) in [4.78, 5) is 0. The molecule has 3 heteroatoms. The quantitative estimate of drug-likeness (QED) is 0.784. The summed E-state index contributed by atoms with van der Waals surface area (Å²) in [6, 6.07) is 4.69. The summed E-state index contributed by atoms with van der Waals surface area (Å²) in [5, 5.41) is 4.05. The summed E-state index contributed by atoms with van der Waals surface area (Å²) in [5.74, 6) is 0.279. The van der Waals surface area contributed by atoms with Gasteiger partial charge in [-0.2, -0.15) is 0 Å². The minimum absolute atomic E-state index is 0.0995. The van der Waals surface area contributed by atoms with Crippen LogP contribution in [-0.2, 0) is 0 Å². The van der Waals surface area contributed by atoms with Crippen molar-refractivity contribution in [3.63, 3.8) is 0 Å². The molecule has 0 saturated heterocycles. The highest BCUT2D eigenvalue weighted by molar-refractivity contribution is 6.31. The number of hydrogen-bond donors (Lipinski definition) is 1. The van der Waals surface area contributed by atoms with Gasteiger partial charge in [-0.3, -0.25) is 0 Å². The van der Waals surface area contributed by atoms with E-state index in [1.165, 1.54) is 6.07 Å². The monoisotopic (exact) mass is 285 g/mol. The zero-order chi connectivity index (χ0) is 14.6. The van der Waals surface area contributed by atoms with Gasteiger partial charge in [-0.1, -0.05) is 46.2 Å². The van der Waals surface area contributed by atoms with Crippen molar-refractivity contribution in [3.8, 4) is 0 Å². The Labute approximate surface area is 121 Å². The van der Waals surface area contributed by atoms with E-state index in [4.69, 9.17) is 11.6 Å². The molecule has 1 N–H and O–H groups in total. The Morgan fingerprint density at radius 2 is 1.95 bits per heavy atom. The van der Waals surface area contributed by atoms with Crippen molar-refractivity contribution in [1.29, 1.82) is 0 Å². The lowest BCUT2D eigenvalue weighted by molar-refractivity contribution is 0.224. The Morgan fingerprint density at radius 3 is 2.47 bits per heavy atom. The van der Waals surface area contributed by atoms with E-state index >= 15 is 0 Å². The molecule has 0 aromatic heterocycles. The molecule has 108 valence electrons. The minimum Gasteiger partial charge on any atom is -0.310 e. The van der Waals surface area contributed by atoms with E-state index in [1.807, 2.05) is 0 Å². The average molecular weight is 286 g/mol. The highest BCUT2D eigenvalue weighted by atomic mass is 35.5. The summed E-state index contributed by atoms with van der Waals surface area (Å²) in [5.41, 5.74) is 1.09. The van der Waals surface area contributed by atoms with E-state index in [2.05, 4.69) is 39.9 Å². The molecule has 0 spiro atoms. The van der Waals surface area contributed by atoms with Crippen molar-refractivity contribution < 1.29 is 4.39 Å². The first kappa shape index (κ1) is 16.5. The summed E-state index contributed by atoms with van der Waals surface area (Å²) in [6.45, 7) is 11.8. The number of rotatable bonds is 5. The van der Waals surface area contributed by atoms with Crippen LogP contribution in [0.25, 0.3) is 0 Å². The van der Waals surface area contributed by atoms with Crippen LogP contribution >= 0.6 is 11.6 Å². The van der Waals surface area contributed by atoms with Gasteiger partial charge in [0.2, 0.25) is 0 Å². The first-order chi connectivity index (χ1) is 8.75. The molecule has 0 aliphatic heterocycles. The lowest BCUT2D eigenvalue weighted by Crippen LogP contribution is -2.27. The zero-order valence-corrected chi connectivity index (χ0v) is 13.3. The summed E-state index contributed by atoms with van der Waals surface area (Å²) >= 11 is 6.22. The van der Waals surface area contributed by atoms with Crippen molar-refractivity contribution in [2.24, 2.45) is 11.3 Å². The smallest absolute Gasteiger partial charge is 0.123 e. The summed E-state index contributed by atoms with van der Waals surface area (Å²) < 4.78 is 13.4. The van der Waals surface area contributed by atoms with E-state index in [1.54, 1.807) is 12.1 Å². The molecule has 0 fully saturated rings. The van der Waals surface area contributed by atoms with E-state index in [-0.39, 0.29) is 17.3 Å². The Bertz CT molecular complexity index is 412. The van der Waals surface area contributed by atoms with Crippen molar-refractivity contribution in [2.45, 2.75) is 47.1 Å². The zero-order valence-electron chi connectivity index (χ0n) is 12.6. The fourth-order valence-corrected chi connectivity index (χ4v) is 2.30. The fraction of sp³-hybridized carbons (Fsp3) is 0.625. The van der Waals surface area contributed by atoms with Crippen molar-refractivity contribution in [2.75, 3.05) is 6.54 Å². The molecule has 0 bridgehead atoms. The van der Waals surface area contributed by atoms with Gasteiger partial charge in [-0.05, 0) is 48.1 Å². The van der Waals surface area contributed by atoms with Gasteiger partial charge >= 0.3 is 0 Å². The van der Waals surface area contributed by atoms with Gasteiger partial charge in [0, 0.05) is 11.1 Å². The molecule has 0 radical (unpaired) electrons. The molecular formula is C16H25ClFN. The molecule has 0 heterocycles. The third kappa shape index (κ3) is 4.77. The van der Waals surface area contributed by atoms with Gasteiger partial charge in [-0.15, -0.1) is 0 Å². The van der Waals surface area contributed by atoms with Gasteiger partial charge in [0.25, 0.3) is 0 Å². The predicted octanol–water partition coefficient (Wildman–Crippen LogP) is 5.20. The maximum atomic E-state index is 13.4. The molecule has 0 amide bonds. The van der Waals surface area contributed by atoms with Gasteiger partial charge in [0.1, 0.15) is 5.82 Å². The maximum Gasteiger partial charge on any atom is 0.123 e. The van der Waals surface area contributed by atoms with Crippen LogP contribution < -0.4 is 5.32 Å². The standard InChI is InChI=1S/C16H25ClFN/c1-6-19-15(9-11(2)16(3,4)5)13-10-12(18)7-8-14(13)17/h7-8,10-11,15,19H,6,9H2,1-5H3. The van der Waals surface area contributed by atoms with Gasteiger partial charge in [0.15, 0.2) is 0 Å². The Hall–Kier alpha value is -0.600. The predicted molar refractivity (Wildman–Crippen MR) is 81.1 cm³/mol. The SMILES string of the molecule is CCNC(CC(C)C(C)(C)C)c1cc(F)ccc1Cl. The van der Waals surface area contributed by atoms with Gasteiger partial charge in [-0.25, -0.2) is 4.39 Å². The Balaban J connectivity index is 2.97. The number of nitrogens with one attached hydrogen (secondary N) is 1. The Kier molecular flexibility index (Phi) is 5.82. The van der Waals surface area contributed by atoms with Crippen LogP contribution in [0.15, 0.2) is 18.2 Å². The van der Waals surface area contributed by atoms with Crippen molar-refractivity contribution in [3.05, 3.63) is 34.6 Å². The average Bonchev–Trinajstić information content (AvgIpc) is 2.30. The lowest BCUT2D eigenvalue weighted by Gasteiger charge is -2.31. The van der Waals surface area contributed by atoms with Crippen LogP contribution in [0.1, 0.15) is 52.6 Å². The second kappa shape index (κ2) is 6.71. The van der Waals surface area contributed by atoms with Crippen LogP contribution in [0, 0.1) is 17.2 Å². The first-order valence-corrected chi connectivity index (χ1v) is 7.31. The molecule has 2 atom stereocenters. The van der Waals surface area contributed by atoms with E-state index in [0.29, 0.717) is 10.9 Å². The third-order valence-corrected chi connectivity index (χ3v) is 4.20. The van der Waals surface area contributed by atoms with Crippen molar-refractivity contribution in [1.82, 2.24) is 5.32 Å². The molecular weight excluding hydrogens is 261 g/mol. The molecule has 0 saturated carbocycles. The number of benzene rings is 1. The summed E-state index contributed by atoms with van der Waals surface area (Å²) in [7, 11) is 0. The number of hydrogen-bond acceptors (Lipinski definition) is 1. The lowest BCUT2D eigenvalue weighted by atomic mass is 9.77. The molecule has 1 rings (SSSR count). The largest absolute Gasteiger partial charge is 0.310 e. The highest BCUT2D eigenvalue weighted by Crippen LogP contribution is 2.35. The first-order valence-electron chi connectivity index (χ1n) is 6.94. The second-order valence-corrected chi connectivity index (χ2v) is 6.69. The number of halogens is 2. The van der Waals surface area contributed by atoms with Crippen LogP contribution in [0.3, 0.4) is 0 Å². The minimum atomic E-state index is -0.231. The van der Waals surface area contributed by atoms with Crippen molar-refractivity contribution >= 4 is 11.6 Å². The van der Waals surface area contributed by atoms with E-state index in [9.17, 15) is 4.39 Å². The van der Waals surface area contributed by atoms with Gasteiger partial charge < -0.3 is 5.32 Å². The maximum absolute atomic E-state index is 13.4. The van der Waals surface area contributed by atoms with Crippen LogP contribution in [-0.4, -0.2) is 6.54 Å². The van der Waals surface area contributed by atoms with Gasteiger partial charge in [0.05, 0.1) is 0 Å². The molecule has 0 aliphatic carbocycles. The molecule has 0 aliphatic rings. The van der Waals surface area contributed by atoms with Crippen LogP contribution in [0.2, 0.25) is 5.02 Å². The van der Waals surface area contributed by atoms with Crippen LogP contribution in [0.4, 0.5) is 4.39 Å². The molecule has 1 aromatic carbocycles. The highest BCUT2D eigenvalue weighted by Gasteiger charge is 2.25. The molecule has 2 unspecified atom stereocenters. The van der Waals surface area contributed by atoms with Crippen LogP contribution in [0.5, 0.6) is 0 Å². The molecule has 19 heavy (non-hydrogen) atoms. The van der Waals surface area contributed by atoms with E-state index < -0.39 is 0 Å². The normalized spacial score (nSPS) is 15.3. The second-order valence-electron chi connectivity index (χ2n) is 6.28. The third-order valence-electron chi connectivity index (χ3n) is 3.85. The summed E-state index contributed by atoms with van der Waals surface area (Å²) in [6.07, 6.45) is 0.945. The topological polar surface area (TPSA) is 12.0 Å². The fourth-order valence-electron chi connectivity index (χ4n) is 2.06. The molecule has 1 aromatic rings. The van der Waals surface area contributed by atoms with E-state index in [0.717, 1.165) is 18.5 Å². The molecule has 1 nitrogen and oxygen atoms in total. The Morgan fingerprint density at radius 1 is 1.32 bits per heavy atom.